The lowest BCUT2D eigenvalue weighted by atomic mass is 10.1. The number of oxazole rings is 1. The summed E-state index contributed by atoms with van der Waals surface area (Å²) < 4.78 is 13.2. The first-order valence-electron chi connectivity index (χ1n) is 10.6. The summed E-state index contributed by atoms with van der Waals surface area (Å²) in [6.07, 6.45) is 7.21. The van der Waals surface area contributed by atoms with Crippen molar-refractivity contribution in [3.63, 3.8) is 0 Å². The predicted molar refractivity (Wildman–Crippen MR) is 120 cm³/mol. The van der Waals surface area contributed by atoms with E-state index in [2.05, 4.69) is 20.6 Å². The van der Waals surface area contributed by atoms with Crippen molar-refractivity contribution in [1.29, 1.82) is 0 Å². The van der Waals surface area contributed by atoms with Crippen molar-refractivity contribution in [2.45, 2.75) is 25.8 Å². The topological polar surface area (TPSA) is 107 Å². The Labute approximate surface area is 184 Å². The number of nitrogens with one attached hydrogen (secondary N) is 2. The normalized spacial score (nSPS) is 14.6. The molecule has 32 heavy (non-hydrogen) atoms. The Morgan fingerprint density at radius 1 is 1.25 bits per heavy atom. The number of benzene rings is 1. The van der Waals surface area contributed by atoms with Crippen LogP contribution in [0.15, 0.2) is 47.3 Å². The predicted octanol–water partition coefficient (Wildman–Crippen LogP) is 3.58. The van der Waals surface area contributed by atoms with Crippen LogP contribution in [0.25, 0.3) is 22.4 Å². The average molecular weight is 432 g/mol. The fraction of sp³-hybridized carbons (Fsp3) is 0.304. The summed E-state index contributed by atoms with van der Waals surface area (Å²) in [5, 5.41) is 11.9. The van der Waals surface area contributed by atoms with Gasteiger partial charge in [0.2, 0.25) is 11.7 Å². The van der Waals surface area contributed by atoms with Crippen molar-refractivity contribution in [3.8, 4) is 17.2 Å². The summed E-state index contributed by atoms with van der Waals surface area (Å²) in [4.78, 5) is 21.2. The summed E-state index contributed by atoms with van der Waals surface area (Å²) in [5.74, 6) is 0.608. The maximum atomic E-state index is 12.8. The highest BCUT2D eigenvalue weighted by atomic mass is 16.5. The molecule has 1 aliphatic heterocycles. The Bertz CT molecular complexity index is 1270. The number of aryl methyl sites for hydroxylation is 1. The zero-order valence-corrected chi connectivity index (χ0v) is 18.0. The molecule has 1 amide bonds. The molecule has 1 saturated heterocycles. The van der Waals surface area contributed by atoms with Crippen LogP contribution in [0, 0.1) is 6.92 Å². The van der Waals surface area contributed by atoms with E-state index < -0.39 is 5.91 Å². The van der Waals surface area contributed by atoms with Crippen LogP contribution in [-0.4, -0.2) is 45.9 Å². The standard InChI is InChI=1S/C23H24N6O3/c1-14-9-15(3-8-25-14)23-26-12-21(32-23)22(30)27-19-10-16-13-29(17-4-6-24-7-5-17)28-18(16)11-20(19)31-2/h3,8-13,17,24H,4-7H2,1-2H3,(H,27,30). The van der Waals surface area contributed by atoms with Gasteiger partial charge in [0.25, 0.3) is 5.91 Å². The van der Waals surface area contributed by atoms with Crippen LogP contribution < -0.4 is 15.4 Å². The number of anilines is 1. The van der Waals surface area contributed by atoms with Gasteiger partial charge in [-0.1, -0.05) is 0 Å². The fourth-order valence-corrected chi connectivity index (χ4v) is 3.97. The SMILES string of the molecule is COc1cc2nn(C3CCNCC3)cc2cc1NC(=O)c1cnc(-c2ccnc(C)c2)o1. The minimum atomic E-state index is -0.405. The highest BCUT2D eigenvalue weighted by Crippen LogP contribution is 2.32. The second kappa shape index (κ2) is 8.43. The number of aromatic nitrogens is 4. The molecule has 0 bridgehead atoms. The number of rotatable bonds is 5. The molecule has 0 saturated carbocycles. The van der Waals surface area contributed by atoms with E-state index in [0.29, 0.717) is 23.4 Å². The Kier molecular flexibility index (Phi) is 5.32. The number of hydrogen-bond acceptors (Lipinski definition) is 7. The molecule has 9 nitrogen and oxygen atoms in total. The van der Waals surface area contributed by atoms with E-state index in [-0.39, 0.29) is 5.76 Å². The molecule has 9 heteroatoms. The first-order valence-corrected chi connectivity index (χ1v) is 10.6. The summed E-state index contributed by atoms with van der Waals surface area (Å²) in [5.41, 5.74) is 2.98. The lowest BCUT2D eigenvalue weighted by Gasteiger charge is -2.22. The average Bonchev–Trinajstić information content (AvgIpc) is 3.46. The van der Waals surface area contributed by atoms with E-state index in [1.54, 1.807) is 19.4 Å². The van der Waals surface area contributed by atoms with Gasteiger partial charge >= 0.3 is 0 Å². The van der Waals surface area contributed by atoms with Gasteiger partial charge in [-0.05, 0) is 51.1 Å². The lowest BCUT2D eigenvalue weighted by molar-refractivity contribution is 0.0997. The van der Waals surface area contributed by atoms with Gasteiger partial charge in [0.05, 0.1) is 30.6 Å². The number of carbonyl (C=O) groups excluding carboxylic acids is 1. The number of nitrogens with zero attached hydrogens (tertiary/aromatic N) is 4. The van der Waals surface area contributed by atoms with Gasteiger partial charge in [-0.25, -0.2) is 4.98 Å². The van der Waals surface area contributed by atoms with Crippen LogP contribution in [0.3, 0.4) is 0 Å². The minimum absolute atomic E-state index is 0.113. The van der Waals surface area contributed by atoms with E-state index in [1.165, 1.54) is 6.20 Å². The van der Waals surface area contributed by atoms with Crippen LogP contribution in [-0.2, 0) is 0 Å². The molecule has 0 radical (unpaired) electrons. The largest absolute Gasteiger partial charge is 0.494 e. The molecule has 1 aliphatic rings. The molecule has 4 aromatic rings. The number of ether oxygens (including phenoxy) is 1. The number of carbonyl (C=O) groups is 1. The number of pyridine rings is 1. The van der Waals surface area contributed by atoms with Crippen molar-refractivity contribution in [1.82, 2.24) is 25.1 Å². The van der Waals surface area contributed by atoms with Gasteiger partial charge in [-0.3, -0.25) is 14.5 Å². The Balaban J connectivity index is 1.39. The van der Waals surface area contributed by atoms with E-state index >= 15 is 0 Å². The van der Waals surface area contributed by atoms with E-state index in [0.717, 1.165) is 48.1 Å². The van der Waals surface area contributed by atoms with Crippen LogP contribution in [0.4, 0.5) is 5.69 Å². The number of fused-ring (bicyclic) bond motifs is 1. The number of amides is 1. The Morgan fingerprint density at radius 2 is 2.09 bits per heavy atom. The van der Waals surface area contributed by atoms with Gasteiger partial charge in [0.15, 0.2) is 0 Å². The fourth-order valence-electron chi connectivity index (χ4n) is 3.97. The third kappa shape index (κ3) is 3.94. The quantitative estimate of drug-likeness (QED) is 0.496. The third-order valence-electron chi connectivity index (χ3n) is 5.65. The molecule has 0 atom stereocenters. The molecule has 5 rings (SSSR count). The monoisotopic (exact) mass is 432 g/mol. The number of methoxy groups -OCH3 is 1. The summed E-state index contributed by atoms with van der Waals surface area (Å²) in [6.45, 7) is 3.86. The maximum absolute atomic E-state index is 12.8. The van der Waals surface area contributed by atoms with E-state index in [4.69, 9.17) is 14.3 Å². The summed E-state index contributed by atoms with van der Waals surface area (Å²) in [7, 11) is 1.57. The van der Waals surface area contributed by atoms with E-state index in [9.17, 15) is 4.79 Å². The lowest BCUT2D eigenvalue weighted by Crippen LogP contribution is -2.29. The van der Waals surface area contributed by atoms with Gasteiger partial charge in [-0.2, -0.15) is 5.10 Å². The van der Waals surface area contributed by atoms with Crippen LogP contribution >= 0.6 is 0 Å². The Hall–Kier alpha value is -3.72. The molecule has 0 aliphatic carbocycles. The zero-order chi connectivity index (χ0) is 22.1. The number of hydrogen-bond donors (Lipinski definition) is 2. The highest BCUT2D eigenvalue weighted by molar-refractivity contribution is 6.04. The van der Waals surface area contributed by atoms with Crippen molar-refractivity contribution in [3.05, 3.63) is 54.3 Å². The van der Waals surface area contributed by atoms with Crippen molar-refractivity contribution < 1.29 is 13.9 Å². The van der Waals surface area contributed by atoms with Crippen LogP contribution in [0.5, 0.6) is 5.75 Å². The van der Waals surface area contributed by atoms with Crippen molar-refractivity contribution >= 4 is 22.5 Å². The van der Waals surface area contributed by atoms with Crippen LogP contribution in [0.2, 0.25) is 0 Å². The second-order valence-corrected chi connectivity index (χ2v) is 7.87. The molecule has 0 spiro atoms. The van der Waals surface area contributed by atoms with Gasteiger partial charge in [-0.15, -0.1) is 0 Å². The van der Waals surface area contributed by atoms with Crippen LogP contribution in [0.1, 0.15) is 35.1 Å². The first kappa shape index (κ1) is 20.2. The molecule has 3 aromatic heterocycles. The van der Waals surface area contributed by atoms with E-state index in [1.807, 2.05) is 36.0 Å². The summed E-state index contributed by atoms with van der Waals surface area (Å²) >= 11 is 0. The zero-order valence-electron chi connectivity index (χ0n) is 18.0. The number of piperidine rings is 1. The second-order valence-electron chi connectivity index (χ2n) is 7.87. The molecule has 4 heterocycles. The molecule has 1 aromatic carbocycles. The summed E-state index contributed by atoms with van der Waals surface area (Å²) in [6, 6.07) is 7.73. The minimum Gasteiger partial charge on any atom is -0.494 e. The third-order valence-corrected chi connectivity index (χ3v) is 5.65. The molecule has 1 fully saturated rings. The Morgan fingerprint density at radius 3 is 2.88 bits per heavy atom. The van der Waals surface area contributed by atoms with Gasteiger partial charge < -0.3 is 19.8 Å². The molecular formula is C23H24N6O3. The van der Waals surface area contributed by atoms with Gasteiger partial charge in [0, 0.05) is 35.1 Å². The maximum Gasteiger partial charge on any atom is 0.293 e. The smallest absolute Gasteiger partial charge is 0.293 e. The van der Waals surface area contributed by atoms with Gasteiger partial charge in [0.1, 0.15) is 5.75 Å². The molecule has 0 unspecified atom stereocenters. The highest BCUT2D eigenvalue weighted by Gasteiger charge is 2.19. The van der Waals surface area contributed by atoms with Crippen molar-refractivity contribution in [2.24, 2.45) is 0 Å². The van der Waals surface area contributed by atoms with Crippen molar-refractivity contribution in [2.75, 3.05) is 25.5 Å². The molecular weight excluding hydrogens is 408 g/mol. The first-order chi connectivity index (χ1) is 15.6. The molecule has 2 N–H and O–H groups in total. The molecule has 164 valence electrons.